The van der Waals surface area contributed by atoms with Crippen LogP contribution in [0.15, 0.2) is 0 Å². The van der Waals surface area contributed by atoms with Gasteiger partial charge in [0, 0.05) is 5.50 Å². The van der Waals surface area contributed by atoms with Crippen LogP contribution in [0.25, 0.3) is 0 Å². The summed E-state index contributed by atoms with van der Waals surface area (Å²) in [6.07, 6.45) is 11.0. The minimum atomic E-state index is -0.947. The first kappa shape index (κ1) is 12.1. The van der Waals surface area contributed by atoms with Crippen molar-refractivity contribution >= 4 is 7.85 Å². The predicted octanol–water partition coefficient (Wildman–Crippen LogP) is 3.11. The maximum atomic E-state index is 10.4. The van der Waals surface area contributed by atoms with Gasteiger partial charge in [-0.1, -0.05) is 25.7 Å². The van der Waals surface area contributed by atoms with E-state index >= 15 is 0 Å². The van der Waals surface area contributed by atoms with Crippen molar-refractivity contribution < 1.29 is 5.11 Å². The topological polar surface area (TPSA) is 20.2 Å². The van der Waals surface area contributed by atoms with Gasteiger partial charge < -0.3 is 5.11 Å². The molecule has 0 aromatic rings. The smallest absolute Gasteiger partial charge is 0.113 e. The molecular formula is C15H25BO. The van der Waals surface area contributed by atoms with E-state index in [-0.39, 0.29) is 0 Å². The summed E-state index contributed by atoms with van der Waals surface area (Å²) in [4.78, 5) is 0. The van der Waals surface area contributed by atoms with Crippen molar-refractivity contribution in [3.05, 3.63) is 0 Å². The van der Waals surface area contributed by atoms with Gasteiger partial charge in [0.2, 0.25) is 0 Å². The average Bonchev–Trinajstić information content (AvgIpc) is 2.63. The number of aliphatic hydroxyl groups is 1. The van der Waals surface area contributed by atoms with Crippen molar-refractivity contribution in [2.75, 3.05) is 0 Å². The molecule has 3 saturated carbocycles. The van der Waals surface area contributed by atoms with Gasteiger partial charge in [-0.2, -0.15) is 0 Å². The Morgan fingerprint density at radius 1 is 0.824 bits per heavy atom. The molecule has 1 N–H and O–H groups in total. The van der Waals surface area contributed by atoms with Crippen LogP contribution in [0.3, 0.4) is 0 Å². The third-order valence-corrected chi connectivity index (χ3v) is 5.90. The highest BCUT2D eigenvalue weighted by atomic mass is 16.3. The largest absolute Gasteiger partial charge is 0.400 e. The summed E-state index contributed by atoms with van der Waals surface area (Å²) in [7, 11) is 6.11. The molecular weight excluding hydrogens is 207 g/mol. The minimum absolute atomic E-state index is 0.373. The molecule has 3 fully saturated rings. The first-order valence-electron chi connectivity index (χ1n) is 7.60. The van der Waals surface area contributed by atoms with E-state index in [9.17, 15) is 5.11 Å². The Kier molecular flexibility index (Phi) is 3.05. The van der Waals surface area contributed by atoms with Crippen molar-refractivity contribution in [1.82, 2.24) is 0 Å². The summed E-state index contributed by atoms with van der Waals surface area (Å²) in [5, 5.41) is 10.4. The van der Waals surface area contributed by atoms with E-state index < -0.39 is 5.50 Å². The van der Waals surface area contributed by atoms with Crippen LogP contribution in [0.2, 0.25) is 0 Å². The standard InChI is InChI=1S/C15H25BO/c1-15(16,17)14-12-8-4-2-6-10(12)11-7-3-5-9-13(11)14/h10-14,17H,2-9H2,1H3. The third-order valence-electron chi connectivity index (χ3n) is 5.90. The molecule has 3 rings (SSSR count). The lowest BCUT2D eigenvalue weighted by Crippen LogP contribution is -2.42. The predicted molar refractivity (Wildman–Crippen MR) is 70.8 cm³/mol. The quantitative estimate of drug-likeness (QED) is 0.689. The maximum absolute atomic E-state index is 10.4. The Morgan fingerprint density at radius 3 is 1.53 bits per heavy atom. The molecule has 3 aliphatic carbocycles. The highest BCUT2D eigenvalue weighted by Crippen LogP contribution is 2.59. The van der Waals surface area contributed by atoms with Crippen molar-refractivity contribution in [1.29, 1.82) is 0 Å². The van der Waals surface area contributed by atoms with E-state index in [0.717, 1.165) is 23.7 Å². The van der Waals surface area contributed by atoms with Gasteiger partial charge in [0.05, 0.1) is 0 Å². The number of fused-ring (bicyclic) bond motifs is 3. The second-order valence-corrected chi connectivity index (χ2v) is 6.98. The highest BCUT2D eigenvalue weighted by molar-refractivity contribution is 6.14. The second-order valence-electron chi connectivity index (χ2n) is 6.98. The molecule has 94 valence electrons. The summed E-state index contributed by atoms with van der Waals surface area (Å²) in [6, 6.07) is 0. The minimum Gasteiger partial charge on any atom is -0.400 e. The van der Waals surface area contributed by atoms with Crippen LogP contribution in [0.5, 0.6) is 0 Å². The fourth-order valence-electron chi connectivity index (χ4n) is 5.52. The molecule has 0 bridgehead atoms. The Morgan fingerprint density at radius 2 is 1.18 bits per heavy atom. The summed E-state index contributed by atoms with van der Waals surface area (Å²) in [5.74, 6) is 3.58. The van der Waals surface area contributed by atoms with E-state index in [1.807, 2.05) is 6.92 Å². The van der Waals surface area contributed by atoms with Gasteiger partial charge in [-0.15, -0.1) is 0 Å². The van der Waals surface area contributed by atoms with Crippen LogP contribution in [0.1, 0.15) is 58.3 Å². The fraction of sp³-hybridized carbons (Fsp3) is 1.00. The van der Waals surface area contributed by atoms with Gasteiger partial charge in [-0.3, -0.25) is 0 Å². The molecule has 0 spiro atoms. The first-order valence-corrected chi connectivity index (χ1v) is 7.60. The molecule has 3 aliphatic rings. The Labute approximate surface area is 107 Å². The molecule has 0 aliphatic heterocycles. The zero-order chi connectivity index (χ0) is 12.0. The molecule has 0 amide bonds. The van der Waals surface area contributed by atoms with Crippen LogP contribution < -0.4 is 0 Å². The molecule has 0 aromatic carbocycles. The van der Waals surface area contributed by atoms with Gasteiger partial charge in [-0.25, -0.2) is 0 Å². The van der Waals surface area contributed by atoms with Gasteiger partial charge in [0.25, 0.3) is 0 Å². The fourth-order valence-corrected chi connectivity index (χ4v) is 5.52. The summed E-state index contributed by atoms with van der Waals surface area (Å²) < 4.78 is 0. The van der Waals surface area contributed by atoms with Crippen LogP contribution in [-0.4, -0.2) is 18.5 Å². The van der Waals surface area contributed by atoms with Crippen molar-refractivity contribution in [3.8, 4) is 0 Å². The molecule has 1 nitrogen and oxygen atoms in total. The molecule has 0 aromatic heterocycles. The lowest BCUT2D eigenvalue weighted by molar-refractivity contribution is 0.0183. The van der Waals surface area contributed by atoms with Crippen LogP contribution in [0, 0.1) is 29.6 Å². The van der Waals surface area contributed by atoms with Crippen LogP contribution in [-0.2, 0) is 0 Å². The Hall–Kier alpha value is 0.0249. The highest BCUT2D eigenvalue weighted by Gasteiger charge is 2.54. The van der Waals surface area contributed by atoms with Gasteiger partial charge in [-0.05, 0) is 62.2 Å². The van der Waals surface area contributed by atoms with Crippen molar-refractivity contribution in [2.45, 2.75) is 63.8 Å². The third kappa shape index (κ3) is 1.97. The van der Waals surface area contributed by atoms with Gasteiger partial charge >= 0.3 is 0 Å². The molecule has 5 atom stereocenters. The zero-order valence-electron chi connectivity index (χ0n) is 11.1. The molecule has 0 heterocycles. The maximum Gasteiger partial charge on any atom is 0.113 e. The van der Waals surface area contributed by atoms with Gasteiger partial charge in [0.1, 0.15) is 7.85 Å². The van der Waals surface area contributed by atoms with Crippen molar-refractivity contribution in [3.63, 3.8) is 0 Å². The Bertz CT molecular complexity index is 261. The van der Waals surface area contributed by atoms with Crippen LogP contribution >= 0.6 is 0 Å². The number of hydrogen-bond acceptors (Lipinski definition) is 1. The molecule has 2 radical (unpaired) electrons. The van der Waals surface area contributed by atoms with Crippen LogP contribution in [0.4, 0.5) is 0 Å². The molecule has 2 heteroatoms. The van der Waals surface area contributed by atoms with E-state index in [1.165, 1.54) is 51.4 Å². The SMILES string of the molecule is [B]C(C)(O)C1C2CCCCC2C2CCCCC21. The zero-order valence-corrected chi connectivity index (χ0v) is 11.1. The van der Waals surface area contributed by atoms with E-state index in [2.05, 4.69) is 0 Å². The second kappa shape index (κ2) is 4.29. The lowest BCUT2D eigenvalue weighted by atomic mass is 9.62. The monoisotopic (exact) mass is 232 g/mol. The molecule has 17 heavy (non-hydrogen) atoms. The number of rotatable bonds is 1. The summed E-state index contributed by atoms with van der Waals surface area (Å²) in [5.41, 5.74) is -0.947. The number of hydrogen-bond donors (Lipinski definition) is 1. The molecule has 5 unspecified atom stereocenters. The van der Waals surface area contributed by atoms with E-state index in [4.69, 9.17) is 7.85 Å². The lowest BCUT2D eigenvalue weighted by Gasteiger charge is -2.39. The molecule has 0 saturated heterocycles. The van der Waals surface area contributed by atoms with Gasteiger partial charge in [0.15, 0.2) is 0 Å². The summed E-state index contributed by atoms with van der Waals surface area (Å²) >= 11 is 0. The summed E-state index contributed by atoms with van der Waals surface area (Å²) in [6.45, 7) is 1.85. The average molecular weight is 232 g/mol. The van der Waals surface area contributed by atoms with E-state index in [1.54, 1.807) is 0 Å². The first-order chi connectivity index (χ1) is 8.09. The Balaban J connectivity index is 1.90. The van der Waals surface area contributed by atoms with Crippen molar-refractivity contribution in [2.24, 2.45) is 29.6 Å². The van der Waals surface area contributed by atoms with E-state index in [0.29, 0.717) is 5.92 Å². The normalized spacial score (nSPS) is 49.2.